The standard InChI is InChI=1S/C21H14ClF3N4OS/c22-17-18(20(30)28-8-7-12-4-1-2-5-13(12)11-28)27-29-16(21(23,24)25)10-14(26-19(17)29)15-6-3-9-31-15/h1-6,9-10H,7-8,11H2. The fraction of sp³-hybridized carbons (Fsp3) is 0.190. The molecule has 0 spiro atoms. The molecular weight excluding hydrogens is 449 g/mol. The summed E-state index contributed by atoms with van der Waals surface area (Å²) < 4.78 is 41.9. The van der Waals surface area contributed by atoms with Gasteiger partial charge in [-0.05, 0) is 35.1 Å². The number of rotatable bonds is 2. The molecule has 5 nitrogen and oxygen atoms in total. The molecule has 0 radical (unpaired) electrons. The van der Waals surface area contributed by atoms with Gasteiger partial charge in [-0.3, -0.25) is 4.79 Å². The molecule has 0 fully saturated rings. The van der Waals surface area contributed by atoms with Gasteiger partial charge in [0.2, 0.25) is 0 Å². The Morgan fingerprint density at radius 3 is 2.61 bits per heavy atom. The van der Waals surface area contributed by atoms with Crippen LogP contribution in [0.15, 0.2) is 47.8 Å². The highest BCUT2D eigenvalue weighted by Gasteiger charge is 2.37. The van der Waals surface area contributed by atoms with Crippen LogP contribution in [0.2, 0.25) is 5.02 Å². The van der Waals surface area contributed by atoms with E-state index in [4.69, 9.17) is 11.6 Å². The molecule has 5 rings (SSSR count). The fourth-order valence-corrected chi connectivity index (χ4v) is 4.63. The Balaban J connectivity index is 1.60. The smallest absolute Gasteiger partial charge is 0.333 e. The maximum atomic E-state index is 13.8. The van der Waals surface area contributed by atoms with E-state index in [1.165, 1.54) is 11.3 Å². The van der Waals surface area contributed by atoms with Crippen LogP contribution in [-0.2, 0) is 19.1 Å². The molecule has 3 aromatic heterocycles. The Hall–Kier alpha value is -2.91. The minimum absolute atomic E-state index is 0.127. The predicted molar refractivity (Wildman–Crippen MR) is 111 cm³/mol. The lowest BCUT2D eigenvalue weighted by Crippen LogP contribution is -2.36. The van der Waals surface area contributed by atoms with Crippen LogP contribution in [-0.4, -0.2) is 31.9 Å². The van der Waals surface area contributed by atoms with Crippen molar-refractivity contribution in [2.24, 2.45) is 0 Å². The lowest BCUT2D eigenvalue weighted by molar-refractivity contribution is -0.142. The van der Waals surface area contributed by atoms with Gasteiger partial charge in [-0.15, -0.1) is 11.3 Å². The zero-order valence-electron chi connectivity index (χ0n) is 15.9. The van der Waals surface area contributed by atoms with E-state index in [-0.39, 0.29) is 22.1 Å². The van der Waals surface area contributed by atoms with Crippen molar-refractivity contribution >= 4 is 34.5 Å². The summed E-state index contributed by atoms with van der Waals surface area (Å²) in [6.45, 7) is 0.777. The number of benzene rings is 1. The van der Waals surface area contributed by atoms with E-state index in [1.54, 1.807) is 22.4 Å². The van der Waals surface area contributed by atoms with Gasteiger partial charge < -0.3 is 4.90 Å². The zero-order chi connectivity index (χ0) is 21.8. The average molecular weight is 463 g/mol. The van der Waals surface area contributed by atoms with Crippen molar-refractivity contribution in [2.75, 3.05) is 6.54 Å². The lowest BCUT2D eigenvalue weighted by Gasteiger charge is -2.28. The third kappa shape index (κ3) is 3.47. The van der Waals surface area contributed by atoms with Gasteiger partial charge in [-0.2, -0.15) is 18.3 Å². The topological polar surface area (TPSA) is 50.5 Å². The molecular formula is C21H14ClF3N4OS. The van der Waals surface area contributed by atoms with E-state index in [0.717, 1.165) is 17.2 Å². The van der Waals surface area contributed by atoms with Crippen LogP contribution < -0.4 is 0 Å². The molecule has 0 aliphatic carbocycles. The SMILES string of the molecule is O=C(c1nn2c(C(F)(F)F)cc(-c3cccs3)nc2c1Cl)N1CCc2ccccc2C1. The van der Waals surface area contributed by atoms with Crippen LogP contribution in [0.4, 0.5) is 13.2 Å². The molecule has 0 atom stereocenters. The Morgan fingerprint density at radius 1 is 1.13 bits per heavy atom. The number of halogens is 4. The average Bonchev–Trinajstić information content (AvgIpc) is 3.40. The molecule has 31 heavy (non-hydrogen) atoms. The fourth-order valence-electron chi connectivity index (χ4n) is 3.70. The van der Waals surface area contributed by atoms with Crippen LogP contribution in [0.5, 0.6) is 0 Å². The maximum Gasteiger partial charge on any atom is 0.433 e. The first kappa shape index (κ1) is 20.0. The highest BCUT2D eigenvalue weighted by atomic mass is 35.5. The van der Waals surface area contributed by atoms with E-state index in [2.05, 4.69) is 10.1 Å². The summed E-state index contributed by atoms with van der Waals surface area (Å²) in [6.07, 6.45) is -4.05. The summed E-state index contributed by atoms with van der Waals surface area (Å²) in [4.78, 5) is 19.5. The Bertz CT molecular complexity index is 1300. The van der Waals surface area contributed by atoms with Crippen LogP contribution in [0.1, 0.15) is 27.3 Å². The normalized spacial score (nSPS) is 14.1. The van der Waals surface area contributed by atoms with Crippen LogP contribution in [0, 0.1) is 0 Å². The summed E-state index contributed by atoms with van der Waals surface area (Å²) in [5.41, 5.74) is 0.807. The van der Waals surface area contributed by atoms with E-state index < -0.39 is 17.8 Å². The van der Waals surface area contributed by atoms with Crippen molar-refractivity contribution in [1.82, 2.24) is 19.5 Å². The van der Waals surface area contributed by atoms with E-state index >= 15 is 0 Å². The summed E-state index contributed by atoms with van der Waals surface area (Å²) in [5.74, 6) is -0.518. The van der Waals surface area contributed by atoms with Crippen molar-refractivity contribution in [3.63, 3.8) is 0 Å². The quantitative estimate of drug-likeness (QED) is 0.404. The largest absolute Gasteiger partial charge is 0.433 e. The first-order valence-corrected chi connectivity index (χ1v) is 10.6. The number of nitrogens with zero attached hydrogens (tertiary/aromatic N) is 4. The predicted octanol–water partition coefficient (Wildman–Crippen LogP) is 5.33. The number of fused-ring (bicyclic) bond motifs is 2. The molecule has 1 aromatic carbocycles. The van der Waals surface area contributed by atoms with Crippen LogP contribution in [0.25, 0.3) is 16.2 Å². The van der Waals surface area contributed by atoms with Gasteiger partial charge in [-0.25, -0.2) is 9.50 Å². The van der Waals surface area contributed by atoms with Gasteiger partial charge in [0.25, 0.3) is 5.91 Å². The molecule has 4 aromatic rings. The van der Waals surface area contributed by atoms with Crippen LogP contribution in [0.3, 0.4) is 0 Å². The Labute approximate surface area is 183 Å². The zero-order valence-corrected chi connectivity index (χ0v) is 17.4. The maximum absolute atomic E-state index is 13.8. The molecule has 1 aliphatic rings. The number of carbonyl (C=O) groups excluding carboxylic acids is 1. The van der Waals surface area contributed by atoms with Crippen molar-refractivity contribution in [2.45, 2.75) is 19.1 Å². The molecule has 0 N–H and O–H groups in total. The van der Waals surface area contributed by atoms with Gasteiger partial charge in [-0.1, -0.05) is 41.9 Å². The summed E-state index contributed by atoms with van der Waals surface area (Å²) in [5, 5.41) is 5.51. The van der Waals surface area contributed by atoms with Crippen molar-refractivity contribution in [3.8, 4) is 10.6 Å². The van der Waals surface area contributed by atoms with E-state index in [0.29, 0.717) is 28.9 Å². The molecule has 158 valence electrons. The summed E-state index contributed by atoms with van der Waals surface area (Å²) in [7, 11) is 0. The van der Waals surface area contributed by atoms with Crippen molar-refractivity contribution in [3.05, 3.63) is 75.4 Å². The number of carbonyl (C=O) groups is 1. The molecule has 1 amide bonds. The third-order valence-corrected chi connectivity index (χ3v) is 6.46. The van der Waals surface area contributed by atoms with Gasteiger partial charge in [0, 0.05) is 13.1 Å². The van der Waals surface area contributed by atoms with Crippen molar-refractivity contribution < 1.29 is 18.0 Å². The lowest BCUT2D eigenvalue weighted by atomic mass is 10.00. The second-order valence-electron chi connectivity index (χ2n) is 7.15. The number of hydrogen-bond acceptors (Lipinski definition) is 4. The Kier molecular flexibility index (Phi) is 4.75. The minimum Gasteiger partial charge on any atom is -0.333 e. The van der Waals surface area contributed by atoms with E-state index in [1.807, 2.05) is 24.3 Å². The second-order valence-corrected chi connectivity index (χ2v) is 8.47. The first-order valence-electron chi connectivity index (χ1n) is 9.39. The van der Waals surface area contributed by atoms with Gasteiger partial charge >= 0.3 is 6.18 Å². The highest BCUT2D eigenvalue weighted by Crippen LogP contribution is 2.36. The van der Waals surface area contributed by atoms with Gasteiger partial charge in [0.05, 0.1) is 10.6 Å². The number of hydrogen-bond donors (Lipinski definition) is 0. The first-order chi connectivity index (χ1) is 14.8. The number of thiophene rings is 1. The molecule has 0 unspecified atom stereocenters. The third-order valence-electron chi connectivity index (χ3n) is 5.22. The number of alkyl halides is 3. The molecule has 1 aliphatic heterocycles. The monoisotopic (exact) mass is 462 g/mol. The van der Waals surface area contributed by atoms with E-state index in [9.17, 15) is 18.0 Å². The molecule has 0 bridgehead atoms. The van der Waals surface area contributed by atoms with Crippen molar-refractivity contribution in [1.29, 1.82) is 0 Å². The number of aromatic nitrogens is 3. The van der Waals surface area contributed by atoms with Gasteiger partial charge in [0.15, 0.2) is 17.0 Å². The molecule has 0 saturated carbocycles. The second kappa shape index (κ2) is 7.35. The summed E-state index contributed by atoms with van der Waals surface area (Å²) >= 11 is 7.63. The van der Waals surface area contributed by atoms with Gasteiger partial charge in [0.1, 0.15) is 5.02 Å². The Morgan fingerprint density at radius 2 is 1.90 bits per heavy atom. The highest BCUT2D eigenvalue weighted by molar-refractivity contribution is 7.13. The summed E-state index contributed by atoms with van der Waals surface area (Å²) in [6, 6.07) is 12.1. The molecule has 10 heteroatoms. The number of amides is 1. The minimum atomic E-state index is -4.70. The molecule has 0 saturated heterocycles. The van der Waals surface area contributed by atoms with Crippen LogP contribution >= 0.6 is 22.9 Å². The molecule has 4 heterocycles.